The van der Waals surface area contributed by atoms with Gasteiger partial charge in [0, 0.05) is 18.6 Å². The molecule has 1 fully saturated rings. The quantitative estimate of drug-likeness (QED) is 0.833. The van der Waals surface area contributed by atoms with Gasteiger partial charge in [0.15, 0.2) is 0 Å². The number of rotatable bonds is 7. The van der Waals surface area contributed by atoms with Gasteiger partial charge in [0.2, 0.25) is 0 Å². The summed E-state index contributed by atoms with van der Waals surface area (Å²) in [5.74, 6) is 0.922. The first-order chi connectivity index (χ1) is 11.7. The van der Waals surface area contributed by atoms with E-state index < -0.39 is 0 Å². The van der Waals surface area contributed by atoms with E-state index in [4.69, 9.17) is 4.74 Å². The molecule has 0 bridgehead atoms. The fourth-order valence-electron chi connectivity index (χ4n) is 3.26. The number of hydrogen-bond acceptors (Lipinski definition) is 3. The third kappa shape index (κ3) is 4.59. The molecule has 0 aromatic heterocycles. The predicted octanol–water partition coefficient (Wildman–Crippen LogP) is 4.01. The summed E-state index contributed by atoms with van der Waals surface area (Å²) >= 11 is 0. The highest BCUT2D eigenvalue weighted by Crippen LogP contribution is 2.20. The van der Waals surface area contributed by atoms with Crippen molar-refractivity contribution in [2.75, 3.05) is 20.1 Å². The lowest BCUT2D eigenvalue weighted by atomic mass is 10.1. The zero-order chi connectivity index (χ0) is 16.8. The number of ether oxygens (including phenoxy) is 1. The summed E-state index contributed by atoms with van der Waals surface area (Å²) in [7, 11) is 2.23. The van der Waals surface area contributed by atoms with E-state index in [1.54, 1.807) is 0 Å². The van der Waals surface area contributed by atoms with E-state index in [1.807, 2.05) is 18.2 Å². The van der Waals surface area contributed by atoms with Gasteiger partial charge in [-0.3, -0.25) is 0 Å². The Bertz CT molecular complexity index is 611. The monoisotopic (exact) mass is 324 g/mol. The van der Waals surface area contributed by atoms with Gasteiger partial charge in [-0.25, -0.2) is 0 Å². The predicted molar refractivity (Wildman–Crippen MR) is 99.3 cm³/mol. The molecule has 1 heterocycles. The maximum atomic E-state index is 5.86. The van der Waals surface area contributed by atoms with Crippen molar-refractivity contribution in [2.45, 2.75) is 38.5 Å². The Morgan fingerprint density at radius 1 is 1.12 bits per heavy atom. The van der Waals surface area contributed by atoms with Gasteiger partial charge in [-0.15, -0.1) is 0 Å². The highest BCUT2D eigenvalue weighted by atomic mass is 16.5. The Balaban J connectivity index is 1.48. The van der Waals surface area contributed by atoms with Crippen LogP contribution in [0.1, 0.15) is 36.9 Å². The Labute approximate surface area is 145 Å². The second-order valence-electron chi connectivity index (χ2n) is 6.75. The van der Waals surface area contributed by atoms with Crippen molar-refractivity contribution in [3.05, 3.63) is 65.7 Å². The molecule has 2 aromatic rings. The van der Waals surface area contributed by atoms with E-state index in [9.17, 15) is 0 Å². The summed E-state index contributed by atoms with van der Waals surface area (Å²) in [6.07, 6.45) is 2.63. The summed E-state index contributed by atoms with van der Waals surface area (Å²) in [6.45, 7) is 5.13. The lowest BCUT2D eigenvalue weighted by Crippen LogP contribution is -2.36. The standard InChI is InChI=1S/C21H28N2O/c1-17(22-15-20-9-6-14-23(20)2)19-10-12-21(13-11-19)24-16-18-7-4-3-5-8-18/h3-5,7-8,10-13,17,20,22H,6,9,14-16H2,1-2H3. The van der Waals surface area contributed by atoms with Gasteiger partial charge in [0.25, 0.3) is 0 Å². The molecule has 0 spiro atoms. The molecule has 2 atom stereocenters. The fourth-order valence-corrected chi connectivity index (χ4v) is 3.26. The third-order valence-electron chi connectivity index (χ3n) is 4.96. The number of hydrogen-bond donors (Lipinski definition) is 1. The molecule has 0 radical (unpaired) electrons. The molecule has 3 heteroatoms. The zero-order valence-electron chi connectivity index (χ0n) is 14.7. The highest BCUT2D eigenvalue weighted by Gasteiger charge is 2.20. The van der Waals surface area contributed by atoms with Crippen LogP contribution in [-0.4, -0.2) is 31.1 Å². The van der Waals surface area contributed by atoms with Crippen LogP contribution in [0.5, 0.6) is 5.75 Å². The largest absolute Gasteiger partial charge is 0.489 e. The van der Waals surface area contributed by atoms with E-state index in [2.05, 4.69) is 60.6 Å². The lowest BCUT2D eigenvalue weighted by Gasteiger charge is -2.23. The van der Waals surface area contributed by atoms with Crippen molar-refractivity contribution in [1.29, 1.82) is 0 Å². The van der Waals surface area contributed by atoms with Crippen LogP contribution in [0.25, 0.3) is 0 Å². The molecule has 1 saturated heterocycles. The third-order valence-corrected chi connectivity index (χ3v) is 4.96. The van der Waals surface area contributed by atoms with Crippen LogP contribution < -0.4 is 10.1 Å². The van der Waals surface area contributed by atoms with Crippen molar-refractivity contribution in [3.63, 3.8) is 0 Å². The van der Waals surface area contributed by atoms with Crippen LogP contribution in [0, 0.1) is 0 Å². The Kier molecular flexibility index (Phi) is 5.89. The van der Waals surface area contributed by atoms with E-state index in [0.29, 0.717) is 18.7 Å². The normalized spacial score (nSPS) is 19.3. The fraction of sp³-hybridized carbons (Fsp3) is 0.429. The average molecular weight is 324 g/mol. The smallest absolute Gasteiger partial charge is 0.119 e. The Morgan fingerprint density at radius 3 is 2.54 bits per heavy atom. The molecule has 1 aliphatic heterocycles. The number of nitrogens with one attached hydrogen (secondary N) is 1. The van der Waals surface area contributed by atoms with Gasteiger partial charge in [-0.1, -0.05) is 42.5 Å². The van der Waals surface area contributed by atoms with Crippen molar-refractivity contribution in [3.8, 4) is 5.75 Å². The number of benzene rings is 2. The summed E-state index contributed by atoms with van der Waals surface area (Å²) in [5.41, 5.74) is 2.50. The van der Waals surface area contributed by atoms with E-state index in [1.165, 1.54) is 30.5 Å². The minimum atomic E-state index is 0.363. The Hall–Kier alpha value is -1.84. The first-order valence-corrected chi connectivity index (χ1v) is 8.92. The minimum Gasteiger partial charge on any atom is -0.489 e. The molecule has 2 unspecified atom stereocenters. The molecular weight excluding hydrogens is 296 g/mol. The van der Waals surface area contributed by atoms with E-state index in [0.717, 1.165) is 12.3 Å². The van der Waals surface area contributed by atoms with Gasteiger partial charge in [0.05, 0.1) is 0 Å². The van der Waals surface area contributed by atoms with Crippen LogP contribution in [0.3, 0.4) is 0 Å². The van der Waals surface area contributed by atoms with Crippen molar-refractivity contribution >= 4 is 0 Å². The van der Waals surface area contributed by atoms with Crippen molar-refractivity contribution < 1.29 is 4.74 Å². The van der Waals surface area contributed by atoms with Gasteiger partial charge < -0.3 is 15.0 Å². The minimum absolute atomic E-state index is 0.363. The van der Waals surface area contributed by atoms with Crippen molar-refractivity contribution in [1.82, 2.24) is 10.2 Å². The topological polar surface area (TPSA) is 24.5 Å². The maximum absolute atomic E-state index is 5.86. The van der Waals surface area contributed by atoms with Gasteiger partial charge in [0.1, 0.15) is 12.4 Å². The first kappa shape index (κ1) is 17.0. The van der Waals surface area contributed by atoms with E-state index in [-0.39, 0.29) is 0 Å². The van der Waals surface area contributed by atoms with Crippen LogP contribution in [0.15, 0.2) is 54.6 Å². The Morgan fingerprint density at radius 2 is 1.88 bits per heavy atom. The molecule has 24 heavy (non-hydrogen) atoms. The molecule has 0 amide bonds. The maximum Gasteiger partial charge on any atom is 0.119 e. The van der Waals surface area contributed by atoms with Gasteiger partial charge >= 0.3 is 0 Å². The molecule has 3 nitrogen and oxygen atoms in total. The summed E-state index contributed by atoms with van der Waals surface area (Å²) in [6, 6.07) is 19.8. The molecule has 0 saturated carbocycles. The molecule has 1 N–H and O–H groups in total. The van der Waals surface area contributed by atoms with Crippen LogP contribution in [-0.2, 0) is 6.61 Å². The van der Waals surface area contributed by atoms with E-state index >= 15 is 0 Å². The van der Waals surface area contributed by atoms with Gasteiger partial charge in [-0.05, 0) is 56.6 Å². The molecule has 128 valence electrons. The highest BCUT2D eigenvalue weighted by molar-refractivity contribution is 5.29. The van der Waals surface area contributed by atoms with Gasteiger partial charge in [-0.2, -0.15) is 0 Å². The molecule has 0 aliphatic carbocycles. The van der Waals surface area contributed by atoms with Crippen LogP contribution in [0.4, 0.5) is 0 Å². The summed E-state index contributed by atoms with van der Waals surface area (Å²) in [5, 5.41) is 3.67. The molecule has 3 rings (SSSR count). The average Bonchev–Trinajstić information content (AvgIpc) is 3.04. The molecule has 2 aromatic carbocycles. The zero-order valence-corrected chi connectivity index (χ0v) is 14.7. The molecule has 1 aliphatic rings. The number of likely N-dealkylation sites (tertiary alicyclic amines) is 1. The SMILES string of the molecule is CC(NCC1CCCN1C)c1ccc(OCc2ccccc2)cc1. The first-order valence-electron chi connectivity index (χ1n) is 8.92. The second kappa shape index (κ2) is 8.32. The number of nitrogens with zero attached hydrogens (tertiary/aromatic N) is 1. The number of likely N-dealkylation sites (N-methyl/N-ethyl adjacent to an activating group) is 1. The van der Waals surface area contributed by atoms with Crippen molar-refractivity contribution in [2.24, 2.45) is 0 Å². The molecular formula is C21H28N2O. The summed E-state index contributed by atoms with van der Waals surface area (Å²) in [4.78, 5) is 2.46. The van der Waals surface area contributed by atoms with Crippen LogP contribution >= 0.6 is 0 Å². The van der Waals surface area contributed by atoms with Crippen LogP contribution in [0.2, 0.25) is 0 Å². The second-order valence-corrected chi connectivity index (χ2v) is 6.75. The summed E-state index contributed by atoms with van der Waals surface area (Å²) < 4.78 is 5.86. The lowest BCUT2D eigenvalue weighted by molar-refractivity contribution is 0.293.